The van der Waals surface area contributed by atoms with Gasteiger partial charge in [0.15, 0.2) is 0 Å². The Kier molecular flexibility index (Phi) is 3.73. The van der Waals surface area contributed by atoms with Crippen LogP contribution in [0.1, 0.15) is 33.6 Å². The topological polar surface area (TPSA) is 72.2 Å². The zero-order chi connectivity index (χ0) is 9.78. The van der Waals surface area contributed by atoms with E-state index in [1.54, 1.807) is 0 Å². The van der Waals surface area contributed by atoms with E-state index in [4.69, 9.17) is 5.73 Å². The third-order valence-corrected chi connectivity index (χ3v) is 2.20. The molecule has 0 aliphatic heterocycles. The fraction of sp³-hybridized carbons (Fsp3) is 0.750. The predicted octanol–water partition coefficient (Wildman–Crippen LogP) is 0.167. The van der Waals surface area contributed by atoms with Gasteiger partial charge in [0.25, 0.3) is 0 Å². The minimum atomic E-state index is -0.928. The molecule has 0 aromatic heterocycles. The van der Waals surface area contributed by atoms with Gasteiger partial charge in [0.05, 0.1) is 0 Å². The van der Waals surface area contributed by atoms with E-state index in [0.29, 0.717) is 0 Å². The van der Waals surface area contributed by atoms with Crippen LogP contribution in [0.25, 0.3) is 0 Å². The molecule has 70 valence electrons. The lowest BCUT2D eigenvalue weighted by molar-refractivity contribution is -0.138. The van der Waals surface area contributed by atoms with Gasteiger partial charge in [0.2, 0.25) is 0 Å². The standard InChI is InChI=1S/C8H16N2O2/c1-4-8(3,5-2)10-7(12)6(9)11/h4-5H2,1-3H3,(H2,9,11)(H,10,12). The van der Waals surface area contributed by atoms with E-state index in [9.17, 15) is 9.59 Å². The maximum absolute atomic E-state index is 10.9. The van der Waals surface area contributed by atoms with Crippen molar-refractivity contribution in [3.05, 3.63) is 0 Å². The molecular formula is C8H16N2O2. The minimum Gasteiger partial charge on any atom is -0.361 e. The minimum absolute atomic E-state index is 0.313. The molecule has 4 heteroatoms. The van der Waals surface area contributed by atoms with Gasteiger partial charge in [0, 0.05) is 5.54 Å². The molecule has 0 bridgehead atoms. The van der Waals surface area contributed by atoms with Crippen LogP contribution in [0.4, 0.5) is 0 Å². The van der Waals surface area contributed by atoms with E-state index in [2.05, 4.69) is 5.32 Å². The molecule has 0 fully saturated rings. The Bertz CT molecular complexity index is 185. The molecule has 0 aromatic carbocycles. The van der Waals surface area contributed by atoms with Gasteiger partial charge in [-0.1, -0.05) is 13.8 Å². The molecule has 0 heterocycles. The molecule has 0 aromatic rings. The Morgan fingerprint density at radius 1 is 1.33 bits per heavy atom. The zero-order valence-corrected chi connectivity index (χ0v) is 7.81. The maximum Gasteiger partial charge on any atom is 0.309 e. The molecule has 3 N–H and O–H groups in total. The fourth-order valence-electron chi connectivity index (χ4n) is 0.762. The number of carbonyl (C=O) groups is 2. The summed E-state index contributed by atoms with van der Waals surface area (Å²) < 4.78 is 0. The number of rotatable bonds is 3. The number of hydrogen-bond donors (Lipinski definition) is 2. The lowest BCUT2D eigenvalue weighted by Crippen LogP contribution is -2.49. The second-order valence-corrected chi connectivity index (χ2v) is 3.09. The van der Waals surface area contributed by atoms with Gasteiger partial charge in [-0.15, -0.1) is 0 Å². The molecule has 0 aliphatic rings. The monoisotopic (exact) mass is 172 g/mol. The van der Waals surface area contributed by atoms with Crippen molar-refractivity contribution in [2.75, 3.05) is 0 Å². The van der Waals surface area contributed by atoms with Crippen LogP contribution in [0.3, 0.4) is 0 Å². The van der Waals surface area contributed by atoms with Crippen LogP contribution >= 0.6 is 0 Å². The van der Waals surface area contributed by atoms with E-state index in [1.165, 1.54) is 0 Å². The van der Waals surface area contributed by atoms with Crippen molar-refractivity contribution in [1.82, 2.24) is 5.32 Å². The molecule has 0 spiro atoms. The SMILES string of the molecule is CCC(C)(CC)NC(=O)C(N)=O. The van der Waals surface area contributed by atoms with E-state index < -0.39 is 11.8 Å². The Morgan fingerprint density at radius 3 is 2.00 bits per heavy atom. The fourth-order valence-corrected chi connectivity index (χ4v) is 0.762. The van der Waals surface area contributed by atoms with E-state index in [1.807, 2.05) is 20.8 Å². The number of primary amides is 1. The second kappa shape index (κ2) is 4.09. The molecule has 4 nitrogen and oxygen atoms in total. The van der Waals surface area contributed by atoms with Crippen LogP contribution in [-0.4, -0.2) is 17.4 Å². The number of amides is 2. The van der Waals surface area contributed by atoms with Gasteiger partial charge in [-0.25, -0.2) is 0 Å². The first-order valence-electron chi connectivity index (χ1n) is 4.07. The smallest absolute Gasteiger partial charge is 0.309 e. The van der Waals surface area contributed by atoms with Crippen molar-refractivity contribution >= 4 is 11.8 Å². The largest absolute Gasteiger partial charge is 0.361 e. The Balaban J connectivity index is 4.21. The van der Waals surface area contributed by atoms with Crippen LogP contribution in [-0.2, 0) is 9.59 Å². The summed E-state index contributed by atoms with van der Waals surface area (Å²) in [6.45, 7) is 5.78. The van der Waals surface area contributed by atoms with E-state index in [0.717, 1.165) is 12.8 Å². The quantitative estimate of drug-likeness (QED) is 0.595. The van der Waals surface area contributed by atoms with Crippen molar-refractivity contribution in [3.8, 4) is 0 Å². The first kappa shape index (κ1) is 10.9. The first-order valence-corrected chi connectivity index (χ1v) is 4.07. The van der Waals surface area contributed by atoms with Gasteiger partial charge in [0.1, 0.15) is 0 Å². The Hall–Kier alpha value is -1.06. The molecule has 0 radical (unpaired) electrons. The van der Waals surface area contributed by atoms with Crippen molar-refractivity contribution < 1.29 is 9.59 Å². The highest BCUT2D eigenvalue weighted by Gasteiger charge is 2.23. The number of nitrogens with two attached hydrogens (primary N) is 1. The summed E-state index contributed by atoms with van der Waals surface area (Å²) in [6, 6.07) is 0. The van der Waals surface area contributed by atoms with Crippen LogP contribution in [0, 0.1) is 0 Å². The van der Waals surface area contributed by atoms with Crippen LogP contribution in [0.5, 0.6) is 0 Å². The highest BCUT2D eigenvalue weighted by molar-refractivity contribution is 6.34. The lowest BCUT2D eigenvalue weighted by atomic mass is 9.95. The summed E-state index contributed by atoms with van der Waals surface area (Å²) in [5.41, 5.74) is 4.49. The third kappa shape index (κ3) is 2.90. The molecule has 0 rings (SSSR count). The molecule has 0 aliphatic carbocycles. The van der Waals surface area contributed by atoms with E-state index >= 15 is 0 Å². The third-order valence-electron chi connectivity index (χ3n) is 2.20. The van der Waals surface area contributed by atoms with Crippen LogP contribution in [0.2, 0.25) is 0 Å². The van der Waals surface area contributed by atoms with Crippen molar-refractivity contribution in [1.29, 1.82) is 0 Å². The summed E-state index contributed by atoms with van der Waals surface area (Å²) in [7, 11) is 0. The molecular weight excluding hydrogens is 156 g/mol. The molecule has 0 atom stereocenters. The number of hydrogen-bond acceptors (Lipinski definition) is 2. The van der Waals surface area contributed by atoms with Gasteiger partial charge in [-0.2, -0.15) is 0 Å². The van der Waals surface area contributed by atoms with Crippen LogP contribution < -0.4 is 11.1 Å². The highest BCUT2D eigenvalue weighted by atomic mass is 16.2. The normalized spacial score (nSPS) is 10.9. The van der Waals surface area contributed by atoms with E-state index in [-0.39, 0.29) is 5.54 Å². The Labute approximate surface area is 72.5 Å². The average molecular weight is 172 g/mol. The van der Waals surface area contributed by atoms with Gasteiger partial charge in [-0.3, -0.25) is 9.59 Å². The molecule has 2 amide bonds. The summed E-state index contributed by atoms with van der Waals surface area (Å²) in [5, 5.41) is 2.58. The summed E-state index contributed by atoms with van der Waals surface area (Å²) in [4.78, 5) is 21.3. The zero-order valence-electron chi connectivity index (χ0n) is 7.81. The Morgan fingerprint density at radius 2 is 1.75 bits per heavy atom. The summed E-state index contributed by atoms with van der Waals surface area (Å²) in [6.07, 6.45) is 1.56. The molecule has 12 heavy (non-hydrogen) atoms. The second-order valence-electron chi connectivity index (χ2n) is 3.09. The van der Waals surface area contributed by atoms with Gasteiger partial charge < -0.3 is 11.1 Å². The number of nitrogens with one attached hydrogen (secondary N) is 1. The summed E-state index contributed by atoms with van der Waals surface area (Å²) in [5.74, 6) is -1.63. The molecule has 0 saturated carbocycles. The maximum atomic E-state index is 10.9. The van der Waals surface area contributed by atoms with Crippen molar-refractivity contribution in [3.63, 3.8) is 0 Å². The van der Waals surface area contributed by atoms with Crippen molar-refractivity contribution in [2.24, 2.45) is 5.73 Å². The highest BCUT2D eigenvalue weighted by Crippen LogP contribution is 2.12. The summed E-state index contributed by atoms with van der Waals surface area (Å²) >= 11 is 0. The number of carbonyl (C=O) groups excluding carboxylic acids is 2. The van der Waals surface area contributed by atoms with Gasteiger partial charge in [-0.05, 0) is 19.8 Å². The average Bonchev–Trinajstić information content (AvgIpc) is 2.04. The van der Waals surface area contributed by atoms with Crippen molar-refractivity contribution in [2.45, 2.75) is 39.2 Å². The first-order chi connectivity index (χ1) is 5.45. The van der Waals surface area contributed by atoms with Crippen LogP contribution in [0.15, 0.2) is 0 Å². The predicted molar refractivity (Wildman–Crippen MR) is 46.3 cm³/mol. The molecule has 0 saturated heterocycles. The lowest BCUT2D eigenvalue weighted by Gasteiger charge is -2.27. The molecule has 0 unspecified atom stereocenters. The van der Waals surface area contributed by atoms with Gasteiger partial charge >= 0.3 is 11.8 Å².